The number of hydrogen-bond acceptors (Lipinski definition) is 5. The molecule has 112 valence electrons. The van der Waals surface area contributed by atoms with Crippen LogP contribution in [-0.4, -0.2) is 30.7 Å². The van der Waals surface area contributed by atoms with Crippen molar-refractivity contribution in [1.82, 2.24) is 9.97 Å². The van der Waals surface area contributed by atoms with Crippen LogP contribution in [0.1, 0.15) is 19.0 Å². The topological polar surface area (TPSA) is 56.3 Å². The normalized spacial score (nSPS) is 10.4. The summed E-state index contributed by atoms with van der Waals surface area (Å²) >= 11 is 0. The highest BCUT2D eigenvalue weighted by atomic mass is 16.5. The third-order valence-electron chi connectivity index (χ3n) is 2.91. The number of methoxy groups -OCH3 is 1. The quantitative estimate of drug-likeness (QED) is 0.848. The highest BCUT2D eigenvalue weighted by molar-refractivity contribution is 5.58. The lowest BCUT2D eigenvalue weighted by molar-refractivity contribution is 0.181. The van der Waals surface area contributed by atoms with Crippen LogP contribution in [0.3, 0.4) is 0 Å². The molecule has 0 bridgehead atoms. The van der Waals surface area contributed by atoms with Gasteiger partial charge in [0.2, 0.25) is 0 Å². The molecule has 1 aromatic heterocycles. The molecule has 1 aromatic carbocycles. The van der Waals surface area contributed by atoms with Crippen LogP contribution in [0.2, 0.25) is 0 Å². The summed E-state index contributed by atoms with van der Waals surface area (Å²) in [6, 6.07) is 9.70. The van der Waals surface area contributed by atoms with Gasteiger partial charge in [0.05, 0.1) is 18.9 Å². The third kappa shape index (κ3) is 4.16. The minimum absolute atomic E-state index is 0.460. The van der Waals surface area contributed by atoms with E-state index < -0.39 is 0 Å². The molecule has 5 nitrogen and oxygen atoms in total. The van der Waals surface area contributed by atoms with Crippen LogP contribution in [0.15, 0.2) is 30.3 Å². The fraction of sp³-hybridized carbons (Fsp3) is 0.375. The Morgan fingerprint density at radius 1 is 1.14 bits per heavy atom. The number of rotatable bonds is 7. The summed E-state index contributed by atoms with van der Waals surface area (Å²) < 4.78 is 10.7. The number of anilines is 1. The molecule has 1 N–H and O–H groups in total. The maximum atomic E-state index is 5.58. The zero-order chi connectivity index (χ0) is 15.1. The molecule has 0 saturated heterocycles. The van der Waals surface area contributed by atoms with Gasteiger partial charge in [0.1, 0.15) is 11.6 Å². The molecule has 0 amide bonds. The lowest BCUT2D eigenvalue weighted by Crippen LogP contribution is -2.02. The predicted octanol–water partition coefficient (Wildman–Crippen LogP) is 3.12. The second kappa shape index (κ2) is 7.59. The molecular weight excluding hydrogens is 266 g/mol. The molecule has 21 heavy (non-hydrogen) atoms. The van der Waals surface area contributed by atoms with Gasteiger partial charge in [0, 0.05) is 25.8 Å². The molecule has 5 heteroatoms. The molecule has 2 aromatic rings. The van der Waals surface area contributed by atoms with Crippen molar-refractivity contribution in [3.05, 3.63) is 36.0 Å². The molecule has 2 rings (SSSR count). The zero-order valence-electron chi connectivity index (χ0n) is 12.7. The summed E-state index contributed by atoms with van der Waals surface area (Å²) in [7, 11) is 3.49. The van der Waals surface area contributed by atoms with Crippen LogP contribution < -0.4 is 10.1 Å². The minimum Gasteiger partial charge on any atom is -0.494 e. The summed E-state index contributed by atoms with van der Waals surface area (Å²) in [5.74, 6) is 2.32. The smallest absolute Gasteiger partial charge is 0.161 e. The van der Waals surface area contributed by atoms with Crippen LogP contribution in [0.25, 0.3) is 11.4 Å². The van der Waals surface area contributed by atoms with Crippen molar-refractivity contribution >= 4 is 5.82 Å². The Labute approximate surface area is 125 Å². The molecule has 0 aliphatic heterocycles. The minimum atomic E-state index is 0.460. The van der Waals surface area contributed by atoms with Gasteiger partial charge in [-0.15, -0.1) is 0 Å². The first kappa shape index (κ1) is 15.3. The van der Waals surface area contributed by atoms with Gasteiger partial charge in [-0.2, -0.15) is 0 Å². The van der Waals surface area contributed by atoms with Gasteiger partial charge in [-0.3, -0.25) is 0 Å². The van der Waals surface area contributed by atoms with E-state index in [1.54, 1.807) is 7.11 Å². The van der Waals surface area contributed by atoms with Crippen molar-refractivity contribution in [3.63, 3.8) is 0 Å². The SMILES string of the molecule is CCCOc1ccc(-c2nc(COC)cc(NC)n2)cc1. The summed E-state index contributed by atoms with van der Waals surface area (Å²) in [5.41, 5.74) is 1.80. The summed E-state index contributed by atoms with van der Waals surface area (Å²) in [4.78, 5) is 8.99. The monoisotopic (exact) mass is 287 g/mol. The van der Waals surface area contributed by atoms with Gasteiger partial charge in [0.25, 0.3) is 0 Å². The van der Waals surface area contributed by atoms with Crippen LogP contribution in [0.5, 0.6) is 5.75 Å². The standard InChI is InChI=1S/C16H21N3O2/c1-4-9-21-14-7-5-12(6-8-14)16-18-13(11-20-3)10-15(17-2)19-16/h5-8,10H,4,9,11H2,1-3H3,(H,17,18,19). The van der Waals surface area contributed by atoms with Gasteiger partial charge < -0.3 is 14.8 Å². The Balaban J connectivity index is 2.25. The van der Waals surface area contributed by atoms with E-state index in [4.69, 9.17) is 9.47 Å². The molecule has 0 atom stereocenters. The summed E-state index contributed by atoms with van der Waals surface area (Å²) in [5, 5.41) is 3.04. The van der Waals surface area contributed by atoms with Gasteiger partial charge >= 0.3 is 0 Å². The fourth-order valence-corrected chi connectivity index (χ4v) is 1.90. The molecule has 0 fully saturated rings. The van der Waals surface area contributed by atoms with E-state index in [-0.39, 0.29) is 0 Å². The number of nitrogens with one attached hydrogen (secondary N) is 1. The van der Waals surface area contributed by atoms with Crippen LogP contribution in [-0.2, 0) is 11.3 Å². The zero-order valence-corrected chi connectivity index (χ0v) is 12.7. The number of aromatic nitrogens is 2. The second-order valence-corrected chi connectivity index (χ2v) is 4.62. The van der Waals surface area contributed by atoms with Crippen LogP contribution in [0.4, 0.5) is 5.82 Å². The van der Waals surface area contributed by atoms with E-state index in [0.717, 1.165) is 35.9 Å². The van der Waals surface area contributed by atoms with E-state index in [9.17, 15) is 0 Å². The Hall–Kier alpha value is -2.14. The first-order valence-corrected chi connectivity index (χ1v) is 7.04. The highest BCUT2D eigenvalue weighted by Crippen LogP contribution is 2.21. The van der Waals surface area contributed by atoms with Crippen LogP contribution >= 0.6 is 0 Å². The first-order chi connectivity index (χ1) is 10.3. The van der Waals surface area contributed by atoms with E-state index in [2.05, 4.69) is 22.2 Å². The number of ether oxygens (including phenoxy) is 2. The van der Waals surface area contributed by atoms with Gasteiger partial charge in [-0.25, -0.2) is 9.97 Å². The van der Waals surface area contributed by atoms with Crippen molar-refractivity contribution in [3.8, 4) is 17.1 Å². The molecule has 0 radical (unpaired) electrons. The first-order valence-electron chi connectivity index (χ1n) is 7.04. The Bertz CT molecular complexity index is 570. The Morgan fingerprint density at radius 2 is 1.90 bits per heavy atom. The highest BCUT2D eigenvalue weighted by Gasteiger charge is 2.07. The number of nitrogens with zero attached hydrogens (tertiary/aromatic N) is 2. The average Bonchev–Trinajstić information content (AvgIpc) is 2.53. The van der Waals surface area contributed by atoms with Crippen LogP contribution in [0, 0.1) is 0 Å². The van der Waals surface area contributed by atoms with Crippen molar-refractivity contribution in [1.29, 1.82) is 0 Å². The summed E-state index contributed by atoms with van der Waals surface area (Å²) in [6.07, 6.45) is 0.995. The summed E-state index contributed by atoms with van der Waals surface area (Å²) in [6.45, 7) is 3.27. The van der Waals surface area contributed by atoms with E-state index >= 15 is 0 Å². The number of benzene rings is 1. The maximum absolute atomic E-state index is 5.58. The van der Waals surface area contributed by atoms with Gasteiger partial charge in [-0.1, -0.05) is 6.92 Å². The molecule has 0 spiro atoms. The van der Waals surface area contributed by atoms with Gasteiger partial charge in [-0.05, 0) is 30.7 Å². The third-order valence-corrected chi connectivity index (χ3v) is 2.91. The van der Waals surface area contributed by atoms with Crippen molar-refractivity contribution in [2.75, 3.05) is 26.1 Å². The fourth-order valence-electron chi connectivity index (χ4n) is 1.90. The molecule has 1 heterocycles. The lowest BCUT2D eigenvalue weighted by Gasteiger charge is -2.08. The molecule has 0 unspecified atom stereocenters. The lowest BCUT2D eigenvalue weighted by atomic mass is 10.2. The van der Waals surface area contributed by atoms with Crippen molar-refractivity contribution in [2.24, 2.45) is 0 Å². The molecule has 0 saturated carbocycles. The molecule has 0 aliphatic carbocycles. The maximum Gasteiger partial charge on any atom is 0.161 e. The van der Waals surface area contributed by atoms with E-state index in [0.29, 0.717) is 12.4 Å². The van der Waals surface area contributed by atoms with Gasteiger partial charge in [0.15, 0.2) is 5.82 Å². The Morgan fingerprint density at radius 3 is 2.52 bits per heavy atom. The van der Waals surface area contributed by atoms with Crippen molar-refractivity contribution in [2.45, 2.75) is 20.0 Å². The largest absolute Gasteiger partial charge is 0.494 e. The molecule has 0 aliphatic rings. The Kier molecular flexibility index (Phi) is 5.51. The average molecular weight is 287 g/mol. The van der Waals surface area contributed by atoms with Crippen molar-refractivity contribution < 1.29 is 9.47 Å². The second-order valence-electron chi connectivity index (χ2n) is 4.62. The molecular formula is C16H21N3O2. The predicted molar refractivity (Wildman–Crippen MR) is 83.5 cm³/mol. The van der Waals surface area contributed by atoms with E-state index in [1.165, 1.54) is 0 Å². The van der Waals surface area contributed by atoms with E-state index in [1.807, 2.05) is 37.4 Å². The number of hydrogen-bond donors (Lipinski definition) is 1.